The maximum absolute atomic E-state index is 14.6. The SMILES string of the molecule is Cc1nc2ccccc2n1[C@H]1C[C@H]2CC[C@@H](C1)N2CCC1(c2ccccc2)CCN(C(=O)c2ccc(F)c(S(=O)(=O)NC3CC3)c2)CC1. The Labute approximate surface area is 282 Å². The van der Waals surface area contributed by atoms with Gasteiger partial charge in [0.1, 0.15) is 16.5 Å². The number of nitrogens with zero attached hydrogens (tertiary/aromatic N) is 4. The summed E-state index contributed by atoms with van der Waals surface area (Å²) in [6.45, 7) is 4.30. The van der Waals surface area contributed by atoms with Crippen molar-refractivity contribution in [1.82, 2.24) is 24.1 Å². The lowest BCUT2D eigenvalue weighted by Gasteiger charge is -2.45. The van der Waals surface area contributed by atoms with Crippen LogP contribution in [-0.4, -0.2) is 71.4 Å². The van der Waals surface area contributed by atoms with Gasteiger partial charge in [-0.2, -0.15) is 0 Å². The van der Waals surface area contributed by atoms with E-state index in [2.05, 4.69) is 75.7 Å². The first-order valence-corrected chi connectivity index (χ1v) is 19.1. The summed E-state index contributed by atoms with van der Waals surface area (Å²) >= 11 is 0. The number of aryl methyl sites for hydroxylation is 1. The third-order valence-corrected chi connectivity index (χ3v) is 13.1. The Balaban J connectivity index is 0.967. The molecule has 4 fully saturated rings. The minimum absolute atomic E-state index is 0.0586. The summed E-state index contributed by atoms with van der Waals surface area (Å²) in [5.74, 6) is 0.0155. The van der Waals surface area contributed by atoms with Gasteiger partial charge in [0, 0.05) is 42.8 Å². The number of rotatable bonds is 9. The quantitative estimate of drug-likeness (QED) is 0.224. The van der Waals surface area contributed by atoms with Gasteiger partial charge in [-0.3, -0.25) is 9.69 Å². The highest BCUT2D eigenvalue weighted by Crippen LogP contribution is 2.45. The number of imidazole rings is 1. The number of halogens is 1. The van der Waals surface area contributed by atoms with Gasteiger partial charge in [0.15, 0.2) is 0 Å². The largest absolute Gasteiger partial charge is 0.339 e. The van der Waals surface area contributed by atoms with Gasteiger partial charge in [0.05, 0.1) is 11.0 Å². The Kier molecular flexibility index (Phi) is 8.16. The minimum atomic E-state index is -4.02. The number of benzene rings is 3. The number of para-hydroxylation sites is 2. The van der Waals surface area contributed by atoms with Gasteiger partial charge in [0.25, 0.3) is 5.91 Å². The van der Waals surface area contributed by atoms with Crippen molar-refractivity contribution in [3.63, 3.8) is 0 Å². The fourth-order valence-corrected chi connectivity index (χ4v) is 10.3. The average Bonchev–Trinajstić information content (AvgIpc) is 3.78. The van der Waals surface area contributed by atoms with Crippen LogP contribution in [0.15, 0.2) is 77.7 Å². The number of hydrogen-bond donors (Lipinski definition) is 1. The molecule has 4 aliphatic rings. The van der Waals surface area contributed by atoms with Crippen molar-refractivity contribution in [2.45, 2.75) is 99.2 Å². The van der Waals surface area contributed by atoms with Crippen LogP contribution in [-0.2, 0) is 15.4 Å². The number of hydrogen-bond acceptors (Lipinski definition) is 5. The maximum atomic E-state index is 14.6. The van der Waals surface area contributed by atoms with Crippen LogP contribution < -0.4 is 4.72 Å². The second-order valence-electron chi connectivity index (χ2n) is 14.5. The van der Waals surface area contributed by atoms with E-state index >= 15 is 0 Å². The molecule has 3 aromatic carbocycles. The number of nitrogens with one attached hydrogen (secondary N) is 1. The first-order chi connectivity index (χ1) is 23.2. The molecule has 0 spiro atoms. The summed E-state index contributed by atoms with van der Waals surface area (Å²) in [4.78, 5) is 22.7. The molecule has 1 amide bonds. The third-order valence-electron chi connectivity index (χ3n) is 11.6. The molecule has 8 nitrogen and oxygen atoms in total. The number of piperidine rings is 2. The van der Waals surface area contributed by atoms with Crippen molar-refractivity contribution in [2.24, 2.45) is 0 Å². The normalized spacial score (nSPS) is 24.3. The molecule has 0 radical (unpaired) electrons. The molecule has 2 bridgehead atoms. The lowest BCUT2D eigenvalue weighted by atomic mass is 9.70. The van der Waals surface area contributed by atoms with E-state index in [0.717, 1.165) is 68.9 Å². The van der Waals surface area contributed by atoms with E-state index in [0.29, 0.717) is 31.2 Å². The highest BCUT2D eigenvalue weighted by molar-refractivity contribution is 7.89. The van der Waals surface area contributed by atoms with Crippen LogP contribution in [0.4, 0.5) is 4.39 Å². The van der Waals surface area contributed by atoms with Crippen LogP contribution in [0, 0.1) is 12.7 Å². The summed E-state index contributed by atoms with van der Waals surface area (Å²) < 4.78 is 45.3. The van der Waals surface area contributed by atoms with Crippen LogP contribution in [0.5, 0.6) is 0 Å². The fourth-order valence-electron chi connectivity index (χ4n) is 8.91. The zero-order chi connectivity index (χ0) is 33.0. The van der Waals surface area contributed by atoms with Gasteiger partial charge in [-0.25, -0.2) is 22.5 Å². The molecule has 48 heavy (non-hydrogen) atoms. The minimum Gasteiger partial charge on any atom is -0.339 e. The second-order valence-corrected chi connectivity index (χ2v) is 16.2. The van der Waals surface area contributed by atoms with E-state index < -0.39 is 20.7 Å². The topological polar surface area (TPSA) is 87.5 Å². The summed E-state index contributed by atoms with van der Waals surface area (Å²) in [6.07, 6.45) is 8.92. The Bertz CT molecular complexity index is 1920. The van der Waals surface area contributed by atoms with Crippen molar-refractivity contribution < 1.29 is 17.6 Å². The molecular weight excluding hydrogens is 626 g/mol. The number of carbonyl (C=O) groups is 1. The van der Waals surface area contributed by atoms with Crippen molar-refractivity contribution in [1.29, 1.82) is 0 Å². The smallest absolute Gasteiger partial charge is 0.253 e. The molecule has 3 aliphatic heterocycles. The molecule has 4 heterocycles. The summed E-state index contributed by atoms with van der Waals surface area (Å²) in [6, 6.07) is 24.4. The van der Waals surface area contributed by atoms with Crippen molar-refractivity contribution >= 4 is 27.0 Å². The number of sulfonamides is 1. The number of fused-ring (bicyclic) bond motifs is 3. The van der Waals surface area contributed by atoms with Gasteiger partial charge in [0.2, 0.25) is 10.0 Å². The van der Waals surface area contributed by atoms with Crippen molar-refractivity contribution in [2.75, 3.05) is 19.6 Å². The number of aromatic nitrogens is 2. The fraction of sp³-hybridized carbons (Fsp3) is 0.474. The molecule has 3 atom stereocenters. The van der Waals surface area contributed by atoms with E-state index in [1.807, 2.05) is 4.90 Å². The molecule has 1 aliphatic carbocycles. The van der Waals surface area contributed by atoms with E-state index in [1.54, 1.807) is 0 Å². The molecule has 1 N–H and O–H groups in total. The molecular formula is C38H44FN5O3S. The molecule has 4 aromatic rings. The van der Waals surface area contributed by atoms with Gasteiger partial charge in [-0.05, 0) is 113 Å². The van der Waals surface area contributed by atoms with Crippen molar-refractivity contribution in [3.05, 3.63) is 95.6 Å². The zero-order valence-corrected chi connectivity index (χ0v) is 28.3. The lowest BCUT2D eigenvalue weighted by Crippen LogP contribution is -2.49. The summed E-state index contributed by atoms with van der Waals surface area (Å²) in [5.41, 5.74) is 3.79. The number of amides is 1. The van der Waals surface area contributed by atoms with Crippen LogP contribution in [0.25, 0.3) is 11.0 Å². The molecule has 3 saturated heterocycles. The van der Waals surface area contributed by atoms with E-state index in [9.17, 15) is 17.6 Å². The second kappa shape index (κ2) is 12.4. The average molecular weight is 670 g/mol. The van der Waals surface area contributed by atoms with Crippen LogP contribution >= 0.6 is 0 Å². The molecule has 252 valence electrons. The van der Waals surface area contributed by atoms with E-state index in [4.69, 9.17) is 4.98 Å². The summed E-state index contributed by atoms with van der Waals surface area (Å²) in [7, 11) is -4.02. The third kappa shape index (κ3) is 5.86. The molecule has 8 rings (SSSR count). The van der Waals surface area contributed by atoms with Crippen LogP contribution in [0.2, 0.25) is 0 Å². The van der Waals surface area contributed by atoms with Gasteiger partial charge < -0.3 is 9.47 Å². The Morgan fingerprint density at radius 3 is 2.31 bits per heavy atom. The highest BCUT2D eigenvalue weighted by atomic mass is 32.2. The summed E-state index contributed by atoms with van der Waals surface area (Å²) in [5, 5.41) is 0. The lowest BCUT2D eigenvalue weighted by molar-refractivity contribution is 0.0606. The predicted molar refractivity (Wildman–Crippen MR) is 184 cm³/mol. The highest BCUT2D eigenvalue weighted by Gasteiger charge is 2.44. The zero-order valence-electron chi connectivity index (χ0n) is 27.5. The number of likely N-dealkylation sites (tertiary alicyclic amines) is 1. The monoisotopic (exact) mass is 669 g/mol. The Hall–Kier alpha value is -3.60. The molecule has 10 heteroatoms. The Morgan fingerprint density at radius 2 is 1.60 bits per heavy atom. The van der Waals surface area contributed by atoms with Crippen molar-refractivity contribution in [3.8, 4) is 0 Å². The maximum Gasteiger partial charge on any atom is 0.253 e. The van der Waals surface area contributed by atoms with Gasteiger partial charge in [-0.15, -0.1) is 0 Å². The van der Waals surface area contributed by atoms with E-state index in [1.165, 1.54) is 36.1 Å². The predicted octanol–water partition coefficient (Wildman–Crippen LogP) is 6.36. The molecule has 1 saturated carbocycles. The molecule has 1 aromatic heterocycles. The molecule has 0 unspecified atom stereocenters. The Morgan fingerprint density at radius 1 is 0.917 bits per heavy atom. The number of carbonyl (C=O) groups excluding carboxylic acids is 1. The van der Waals surface area contributed by atoms with E-state index in [-0.39, 0.29) is 22.9 Å². The van der Waals surface area contributed by atoms with Gasteiger partial charge >= 0.3 is 0 Å². The first-order valence-electron chi connectivity index (χ1n) is 17.6. The first kappa shape index (κ1) is 31.7. The van der Waals surface area contributed by atoms with Crippen LogP contribution in [0.3, 0.4) is 0 Å². The standard InChI is InChI=1S/C38H44FN5O3S/c1-26-40-34-9-5-6-10-35(34)44(26)32-24-30-14-15-31(25-32)43(30)22-19-38(28-7-3-2-4-8-28)17-20-42(21-18-38)37(45)27-11-16-33(39)36(23-27)48(46,47)41-29-12-13-29/h2-11,16,23,29-32,41H,12-15,17-22,24-25H2,1H3/t30-,31+,32+. The van der Waals surface area contributed by atoms with Gasteiger partial charge in [-0.1, -0.05) is 42.5 Å². The van der Waals surface area contributed by atoms with Crippen LogP contribution in [0.1, 0.15) is 85.6 Å².